The maximum atomic E-state index is 12.7. The van der Waals surface area contributed by atoms with Crippen LogP contribution in [-0.4, -0.2) is 59.4 Å². The first-order valence-electron chi connectivity index (χ1n) is 8.89. The van der Waals surface area contributed by atoms with Crippen LogP contribution in [0.2, 0.25) is 0 Å². The van der Waals surface area contributed by atoms with Gasteiger partial charge in [-0.25, -0.2) is 4.79 Å². The van der Waals surface area contributed by atoms with Gasteiger partial charge in [0.2, 0.25) is 0 Å². The van der Waals surface area contributed by atoms with E-state index in [-0.39, 0.29) is 23.9 Å². The zero-order valence-electron chi connectivity index (χ0n) is 16.0. The second-order valence-electron chi connectivity index (χ2n) is 6.32. The average Bonchev–Trinajstić information content (AvgIpc) is 3.23. The number of pyridine rings is 1. The van der Waals surface area contributed by atoms with Crippen molar-refractivity contribution in [3.8, 4) is 11.5 Å². The highest BCUT2D eigenvalue weighted by molar-refractivity contribution is 6.11. The van der Waals surface area contributed by atoms with E-state index in [2.05, 4.69) is 15.3 Å². The van der Waals surface area contributed by atoms with Gasteiger partial charge in [-0.3, -0.25) is 14.8 Å². The van der Waals surface area contributed by atoms with Gasteiger partial charge >= 0.3 is 5.97 Å². The van der Waals surface area contributed by atoms with Crippen LogP contribution in [0.15, 0.2) is 53.5 Å². The van der Waals surface area contributed by atoms with Gasteiger partial charge in [0.1, 0.15) is 11.7 Å². The normalized spacial score (nSPS) is 15.3. The first kappa shape index (κ1) is 21.1. The fourth-order valence-electron chi connectivity index (χ4n) is 3.27. The van der Waals surface area contributed by atoms with Crippen LogP contribution in [0.3, 0.4) is 0 Å². The maximum Gasteiger partial charge on any atom is 0.341 e. The summed E-state index contributed by atoms with van der Waals surface area (Å²) >= 11 is 0. The SMILES string of the molecule is COc1c(OCC(=O)O)ccc2c1NC(=CC(=O)c1cccnc1)N1CCN=C21.Cl. The number of ketones is 1. The Labute approximate surface area is 178 Å². The van der Waals surface area contributed by atoms with E-state index in [0.717, 1.165) is 5.56 Å². The van der Waals surface area contributed by atoms with E-state index in [9.17, 15) is 9.59 Å². The number of nitrogens with one attached hydrogen (secondary N) is 1. The summed E-state index contributed by atoms with van der Waals surface area (Å²) in [6, 6.07) is 6.84. The Morgan fingerprint density at radius 3 is 2.87 bits per heavy atom. The number of ether oxygens (including phenoxy) is 2. The molecule has 0 atom stereocenters. The number of rotatable bonds is 6. The third kappa shape index (κ3) is 3.92. The lowest BCUT2D eigenvalue weighted by molar-refractivity contribution is -0.139. The van der Waals surface area contributed by atoms with E-state index in [0.29, 0.717) is 41.7 Å². The molecule has 2 aromatic rings. The van der Waals surface area contributed by atoms with Crippen LogP contribution >= 0.6 is 12.4 Å². The molecule has 0 spiro atoms. The van der Waals surface area contributed by atoms with Crippen molar-refractivity contribution in [2.24, 2.45) is 4.99 Å². The van der Waals surface area contributed by atoms with Gasteiger partial charge in [-0.15, -0.1) is 12.4 Å². The zero-order valence-corrected chi connectivity index (χ0v) is 16.8. The van der Waals surface area contributed by atoms with Crippen molar-refractivity contribution >= 4 is 35.7 Å². The van der Waals surface area contributed by atoms with Crippen molar-refractivity contribution in [3.05, 3.63) is 59.7 Å². The Hall–Kier alpha value is -3.59. The minimum Gasteiger partial charge on any atom is -0.491 e. The number of carboxylic acids is 1. The number of aromatic nitrogens is 1. The summed E-state index contributed by atoms with van der Waals surface area (Å²) < 4.78 is 10.8. The first-order chi connectivity index (χ1) is 14.1. The number of nitrogens with zero attached hydrogens (tertiary/aromatic N) is 3. The van der Waals surface area contributed by atoms with Gasteiger partial charge in [0.25, 0.3) is 0 Å². The molecule has 0 saturated carbocycles. The Balaban J connectivity index is 0.00000256. The Morgan fingerprint density at radius 2 is 2.17 bits per heavy atom. The Bertz CT molecular complexity index is 1040. The van der Waals surface area contributed by atoms with Gasteiger partial charge in [0, 0.05) is 36.1 Å². The number of halogens is 1. The van der Waals surface area contributed by atoms with E-state index in [1.165, 1.54) is 19.4 Å². The molecule has 4 rings (SSSR count). The van der Waals surface area contributed by atoms with Gasteiger partial charge < -0.3 is 24.8 Å². The number of carbonyl (C=O) groups excluding carboxylic acids is 1. The molecule has 0 unspecified atom stereocenters. The minimum atomic E-state index is -1.09. The van der Waals surface area contributed by atoms with Crippen LogP contribution in [0.5, 0.6) is 11.5 Å². The number of aliphatic imine (C=N–C) groups is 1. The van der Waals surface area contributed by atoms with Gasteiger partial charge in [-0.05, 0) is 24.3 Å². The second-order valence-corrected chi connectivity index (χ2v) is 6.32. The summed E-state index contributed by atoms with van der Waals surface area (Å²) in [5.74, 6) is 0.603. The van der Waals surface area contributed by atoms with Crippen molar-refractivity contribution < 1.29 is 24.2 Å². The second kappa shape index (κ2) is 8.83. The summed E-state index contributed by atoms with van der Waals surface area (Å²) in [6.45, 7) is 0.729. The number of carboxylic acid groups (broad SMARTS) is 1. The number of fused-ring (bicyclic) bond motifs is 3. The number of hydrogen-bond donors (Lipinski definition) is 2. The van der Waals surface area contributed by atoms with Gasteiger partial charge in [-0.1, -0.05) is 0 Å². The summed E-state index contributed by atoms with van der Waals surface area (Å²) in [5.41, 5.74) is 1.82. The van der Waals surface area contributed by atoms with E-state index in [1.54, 1.807) is 30.5 Å². The highest BCUT2D eigenvalue weighted by Crippen LogP contribution is 2.42. The topological polar surface area (TPSA) is 113 Å². The molecule has 2 aliphatic rings. The standard InChI is InChI=1S/C20H18N4O5.ClH/c1-28-19-15(29-11-17(26)27)5-4-13-18(19)23-16(24-8-7-22-20(13)24)9-14(25)12-3-2-6-21-10-12;/h2-6,9-10,23H,7-8,11H2,1H3,(H,26,27);1H. The fraction of sp³-hybridized carbons (Fsp3) is 0.200. The number of benzene rings is 1. The molecule has 0 amide bonds. The van der Waals surface area contributed by atoms with Crippen molar-refractivity contribution in [1.82, 2.24) is 9.88 Å². The number of allylic oxidation sites excluding steroid dienone is 1. The molecule has 9 nitrogen and oxygen atoms in total. The largest absolute Gasteiger partial charge is 0.491 e. The third-order valence-corrected chi connectivity index (χ3v) is 4.52. The van der Waals surface area contributed by atoms with Gasteiger partial charge in [-0.2, -0.15) is 0 Å². The molecular formula is C20H19ClN4O5. The van der Waals surface area contributed by atoms with Crippen molar-refractivity contribution in [2.45, 2.75) is 0 Å². The number of anilines is 1. The molecule has 1 aromatic heterocycles. The molecule has 2 aliphatic heterocycles. The van der Waals surface area contributed by atoms with E-state index in [1.807, 2.05) is 4.90 Å². The number of hydrogen-bond acceptors (Lipinski definition) is 8. The molecular weight excluding hydrogens is 412 g/mol. The van der Waals surface area contributed by atoms with Gasteiger partial charge in [0.15, 0.2) is 23.9 Å². The molecule has 156 valence electrons. The molecule has 0 aliphatic carbocycles. The highest BCUT2D eigenvalue weighted by Gasteiger charge is 2.33. The van der Waals surface area contributed by atoms with Crippen LogP contribution in [0.1, 0.15) is 15.9 Å². The van der Waals surface area contributed by atoms with E-state index >= 15 is 0 Å². The van der Waals surface area contributed by atoms with Gasteiger partial charge in [0.05, 0.1) is 19.3 Å². The van der Waals surface area contributed by atoms with Crippen LogP contribution in [0.25, 0.3) is 0 Å². The van der Waals surface area contributed by atoms with Crippen molar-refractivity contribution in [1.29, 1.82) is 0 Å². The summed E-state index contributed by atoms with van der Waals surface area (Å²) in [5, 5.41) is 12.1. The lowest BCUT2D eigenvalue weighted by Gasteiger charge is -2.32. The molecule has 2 N–H and O–H groups in total. The maximum absolute atomic E-state index is 12.7. The van der Waals surface area contributed by atoms with Crippen LogP contribution in [-0.2, 0) is 4.79 Å². The predicted molar refractivity (Wildman–Crippen MR) is 112 cm³/mol. The minimum absolute atomic E-state index is 0. The molecule has 10 heteroatoms. The molecule has 0 saturated heterocycles. The fourth-order valence-corrected chi connectivity index (χ4v) is 3.27. The van der Waals surface area contributed by atoms with Crippen LogP contribution < -0.4 is 14.8 Å². The Kier molecular flexibility index (Phi) is 6.22. The summed E-state index contributed by atoms with van der Waals surface area (Å²) in [7, 11) is 1.47. The lowest BCUT2D eigenvalue weighted by Crippen LogP contribution is -2.36. The van der Waals surface area contributed by atoms with Crippen molar-refractivity contribution in [3.63, 3.8) is 0 Å². The van der Waals surface area contributed by atoms with Crippen LogP contribution in [0.4, 0.5) is 5.69 Å². The van der Waals surface area contributed by atoms with E-state index in [4.69, 9.17) is 14.6 Å². The Morgan fingerprint density at radius 1 is 1.33 bits per heavy atom. The molecule has 0 fully saturated rings. The average molecular weight is 431 g/mol. The number of methoxy groups -OCH3 is 1. The molecule has 0 bridgehead atoms. The first-order valence-corrected chi connectivity index (χ1v) is 8.89. The van der Waals surface area contributed by atoms with Crippen molar-refractivity contribution in [2.75, 3.05) is 32.1 Å². The lowest BCUT2D eigenvalue weighted by atomic mass is 10.1. The number of aliphatic carboxylic acids is 1. The van der Waals surface area contributed by atoms with E-state index < -0.39 is 12.6 Å². The molecule has 0 radical (unpaired) electrons. The molecule has 3 heterocycles. The smallest absolute Gasteiger partial charge is 0.341 e. The number of carbonyl (C=O) groups is 2. The summed E-state index contributed by atoms with van der Waals surface area (Å²) in [6.07, 6.45) is 4.60. The molecule has 1 aromatic carbocycles. The monoisotopic (exact) mass is 430 g/mol. The summed E-state index contributed by atoms with van der Waals surface area (Å²) in [4.78, 5) is 34.0. The number of amidine groups is 1. The third-order valence-electron chi connectivity index (χ3n) is 4.52. The predicted octanol–water partition coefficient (Wildman–Crippen LogP) is 2.19. The highest BCUT2D eigenvalue weighted by atomic mass is 35.5. The zero-order chi connectivity index (χ0) is 20.4. The van der Waals surface area contributed by atoms with Crippen LogP contribution in [0, 0.1) is 0 Å². The molecule has 30 heavy (non-hydrogen) atoms. The quantitative estimate of drug-likeness (QED) is 0.529.